The minimum absolute atomic E-state index is 0.0352. The highest BCUT2D eigenvalue weighted by molar-refractivity contribution is 5.75. The Morgan fingerprint density at radius 1 is 1.00 bits per heavy atom. The molecule has 0 aromatic heterocycles. The number of hydrogen-bond donors (Lipinski definition) is 0. The molecule has 0 N–H and O–H groups in total. The van der Waals surface area contributed by atoms with Gasteiger partial charge in [-0.05, 0) is 30.7 Å². The molecule has 0 amide bonds. The van der Waals surface area contributed by atoms with Crippen molar-refractivity contribution >= 4 is 12.4 Å². The van der Waals surface area contributed by atoms with Gasteiger partial charge in [0.05, 0.1) is 0 Å². The Hall–Kier alpha value is -2.35. The molecule has 2 nitrogen and oxygen atoms in total. The van der Waals surface area contributed by atoms with Crippen molar-refractivity contribution in [2.75, 3.05) is 0 Å². The monoisotopic (exact) mass is 252 g/mol. The smallest absolute Gasteiger partial charge is 0.142 e. The summed E-state index contributed by atoms with van der Waals surface area (Å²) in [5, 5.41) is 0. The number of rotatable bonds is 5. The molecule has 1 atom stereocenters. The molecular weight excluding hydrogens is 236 g/mol. The van der Waals surface area contributed by atoms with E-state index in [2.05, 4.69) is 0 Å². The highest BCUT2D eigenvalue weighted by Gasteiger charge is 2.08. The van der Waals surface area contributed by atoms with Crippen LogP contribution in [0.4, 0.5) is 0 Å². The largest absolute Gasteiger partial charge is 0.485 e. The Balaban J connectivity index is 2.19. The van der Waals surface area contributed by atoms with E-state index >= 15 is 0 Å². The molecule has 0 bridgehead atoms. The molecule has 1 unspecified atom stereocenters. The van der Waals surface area contributed by atoms with Crippen LogP contribution in [0.3, 0.4) is 0 Å². The van der Waals surface area contributed by atoms with Crippen LogP contribution in [0.1, 0.15) is 24.2 Å². The first-order chi connectivity index (χ1) is 9.31. The molecule has 0 fully saturated rings. The Bertz CT molecular complexity index is 558. The summed E-state index contributed by atoms with van der Waals surface area (Å²) in [5.74, 6) is 0.775. The molecule has 0 heterocycles. The zero-order chi connectivity index (χ0) is 13.5. The molecule has 0 aliphatic rings. The van der Waals surface area contributed by atoms with Crippen LogP contribution in [-0.4, -0.2) is 6.29 Å². The lowest BCUT2D eigenvalue weighted by Gasteiger charge is -2.16. The van der Waals surface area contributed by atoms with Gasteiger partial charge in [-0.3, -0.25) is 4.79 Å². The molecular formula is C17H16O2. The average molecular weight is 252 g/mol. The number of carbonyl (C=O) groups is 1. The van der Waals surface area contributed by atoms with Gasteiger partial charge < -0.3 is 4.74 Å². The van der Waals surface area contributed by atoms with E-state index in [1.807, 2.05) is 61.5 Å². The fourth-order valence-electron chi connectivity index (χ4n) is 1.85. The number of allylic oxidation sites excluding steroid dienone is 1. The van der Waals surface area contributed by atoms with Crippen molar-refractivity contribution in [3.05, 3.63) is 71.8 Å². The summed E-state index contributed by atoms with van der Waals surface area (Å²) in [6.07, 6.45) is 3.94. The molecule has 2 aromatic rings. The van der Waals surface area contributed by atoms with E-state index in [4.69, 9.17) is 4.74 Å². The Labute approximate surface area is 113 Å². The zero-order valence-corrected chi connectivity index (χ0v) is 10.8. The highest BCUT2D eigenvalue weighted by atomic mass is 16.5. The Morgan fingerprint density at radius 3 is 2.42 bits per heavy atom. The molecule has 2 rings (SSSR count). The molecule has 0 saturated heterocycles. The fraction of sp³-hybridized carbons (Fsp3) is 0.118. The lowest BCUT2D eigenvalue weighted by atomic mass is 10.1. The van der Waals surface area contributed by atoms with Crippen molar-refractivity contribution in [2.24, 2.45) is 0 Å². The van der Waals surface area contributed by atoms with E-state index in [1.165, 1.54) is 6.08 Å². The third kappa shape index (κ3) is 3.55. The van der Waals surface area contributed by atoms with Gasteiger partial charge in [0.15, 0.2) is 0 Å². The maximum atomic E-state index is 10.4. The number of benzene rings is 2. The summed E-state index contributed by atoms with van der Waals surface area (Å²) in [6, 6.07) is 17.7. The average Bonchev–Trinajstić information content (AvgIpc) is 2.47. The number of ether oxygens (including phenoxy) is 1. The maximum Gasteiger partial charge on any atom is 0.142 e. The van der Waals surface area contributed by atoms with Crippen LogP contribution in [0.25, 0.3) is 6.08 Å². The van der Waals surface area contributed by atoms with Crippen LogP contribution in [0.15, 0.2) is 60.7 Å². The SMILES string of the molecule is CC(Oc1ccccc1/C=C/C=O)c1ccccc1. The van der Waals surface area contributed by atoms with Gasteiger partial charge in [0.1, 0.15) is 18.1 Å². The Morgan fingerprint density at radius 2 is 1.68 bits per heavy atom. The van der Waals surface area contributed by atoms with E-state index < -0.39 is 0 Å². The van der Waals surface area contributed by atoms with Gasteiger partial charge >= 0.3 is 0 Å². The molecule has 2 heteroatoms. The van der Waals surface area contributed by atoms with Crippen molar-refractivity contribution in [2.45, 2.75) is 13.0 Å². The fourth-order valence-corrected chi connectivity index (χ4v) is 1.85. The number of aldehydes is 1. The van der Waals surface area contributed by atoms with Gasteiger partial charge in [-0.2, -0.15) is 0 Å². The van der Waals surface area contributed by atoms with Crippen molar-refractivity contribution in [3.8, 4) is 5.75 Å². The molecule has 0 aliphatic heterocycles. The third-order valence-corrected chi connectivity index (χ3v) is 2.85. The molecule has 96 valence electrons. The number of para-hydroxylation sites is 1. The first kappa shape index (κ1) is 13.1. The van der Waals surface area contributed by atoms with E-state index in [1.54, 1.807) is 6.08 Å². The summed E-state index contributed by atoms with van der Waals surface area (Å²) in [4.78, 5) is 10.4. The first-order valence-corrected chi connectivity index (χ1v) is 6.23. The second kappa shape index (κ2) is 6.55. The molecule has 2 aromatic carbocycles. The van der Waals surface area contributed by atoms with Gasteiger partial charge in [0.25, 0.3) is 0 Å². The molecule has 0 spiro atoms. The zero-order valence-electron chi connectivity index (χ0n) is 10.8. The highest BCUT2D eigenvalue weighted by Crippen LogP contribution is 2.25. The second-order valence-corrected chi connectivity index (χ2v) is 4.20. The van der Waals surface area contributed by atoms with Crippen LogP contribution in [0, 0.1) is 0 Å². The lowest BCUT2D eigenvalue weighted by Crippen LogP contribution is -2.03. The van der Waals surface area contributed by atoms with Crippen molar-refractivity contribution in [1.82, 2.24) is 0 Å². The van der Waals surface area contributed by atoms with Crippen LogP contribution in [0.5, 0.6) is 5.75 Å². The van der Waals surface area contributed by atoms with Crippen LogP contribution in [0.2, 0.25) is 0 Å². The summed E-state index contributed by atoms with van der Waals surface area (Å²) in [6.45, 7) is 2.01. The van der Waals surface area contributed by atoms with Gasteiger partial charge in [0.2, 0.25) is 0 Å². The van der Waals surface area contributed by atoms with Crippen LogP contribution in [-0.2, 0) is 4.79 Å². The third-order valence-electron chi connectivity index (χ3n) is 2.85. The van der Waals surface area contributed by atoms with Crippen molar-refractivity contribution < 1.29 is 9.53 Å². The molecule has 0 aliphatic carbocycles. The van der Waals surface area contributed by atoms with Gasteiger partial charge in [-0.1, -0.05) is 48.5 Å². The summed E-state index contributed by atoms with van der Waals surface area (Å²) in [5.41, 5.74) is 2.02. The second-order valence-electron chi connectivity index (χ2n) is 4.20. The molecule has 19 heavy (non-hydrogen) atoms. The summed E-state index contributed by atoms with van der Waals surface area (Å²) < 4.78 is 5.96. The standard InChI is InChI=1S/C17H16O2/c1-14(15-8-3-2-4-9-15)19-17-12-6-5-10-16(17)11-7-13-18/h2-14H,1H3/b11-7+. The normalized spacial score (nSPS) is 12.3. The van der Waals surface area contributed by atoms with Gasteiger partial charge in [0, 0.05) is 5.56 Å². The van der Waals surface area contributed by atoms with Crippen molar-refractivity contribution in [3.63, 3.8) is 0 Å². The maximum absolute atomic E-state index is 10.4. The first-order valence-electron chi connectivity index (χ1n) is 6.23. The summed E-state index contributed by atoms with van der Waals surface area (Å²) in [7, 11) is 0. The van der Waals surface area contributed by atoms with E-state index in [9.17, 15) is 4.79 Å². The van der Waals surface area contributed by atoms with Crippen LogP contribution >= 0.6 is 0 Å². The van der Waals surface area contributed by atoms with Gasteiger partial charge in [-0.25, -0.2) is 0 Å². The number of hydrogen-bond acceptors (Lipinski definition) is 2. The van der Waals surface area contributed by atoms with Crippen LogP contribution < -0.4 is 4.74 Å². The predicted molar refractivity (Wildman–Crippen MR) is 77.0 cm³/mol. The molecule has 0 radical (unpaired) electrons. The van der Waals surface area contributed by atoms with Gasteiger partial charge in [-0.15, -0.1) is 0 Å². The Kier molecular flexibility index (Phi) is 4.51. The topological polar surface area (TPSA) is 26.3 Å². The minimum Gasteiger partial charge on any atom is -0.485 e. The summed E-state index contributed by atoms with van der Waals surface area (Å²) >= 11 is 0. The quantitative estimate of drug-likeness (QED) is 0.593. The van der Waals surface area contributed by atoms with E-state index in [-0.39, 0.29) is 6.10 Å². The van der Waals surface area contributed by atoms with E-state index in [0.29, 0.717) is 0 Å². The predicted octanol–water partition coefficient (Wildman–Crippen LogP) is 4.04. The lowest BCUT2D eigenvalue weighted by molar-refractivity contribution is -0.104. The van der Waals surface area contributed by atoms with Crippen molar-refractivity contribution in [1.29, 1.82) is 0 Å². The molecule has 0 saturated carbocycles. The minimum atomic E-state index is -0.0352. The van der Waals surface area contributed by atoms with E-state index in [0.717, 1.165) is 23.2 Å². The number of carbonyl (C=O) groups excluding carboxylic acids is 1.